The van der Waals surface area contributed by atoms with Crippen LogP contribution in [0.15, 0.2) is 35.1 Å². The lowest BCUT2D eigenvalue weighted by Gasteiger charge is -2.04. The smallest absolute Gasteiger partial charge is 0.255 e. The molecule has 2 aromatic rings. The van der Waals surface area contributed by atoms with Gasteiger partial charge in [-0.1, -0.05) is 5.16 Å². The molecule has 1 heterocycles. The number of phenolic OH excluding ortho intramolecular Hbond substituents is 1. The Morgan fingerprint density at radius 2 is 2.29 bits per heavy atom. The van der Waals surface area contributed by atoms with Crippen molar-refractivity contribution in [3.8, 4) is 5.75 Å². The summed E-state index contributed by atoms with van der Waals surface area (Å²) in [6.07, 6.45) is 1.39. The summed E-state index contributed by atoms with van der Waals surface area (Å²) in [4.78, 5) is 11.6. The summed E-state index contributed by atoms with van der Waals surface area (Å²) in [5.74, 6) is -1.51. The Bertz CT molecular complexity index is 526. The highest BCUT2D eigenvalue weighted by Gasteiger charge is 2.11. The van der Waals surface area contributed by atoms with Gasteiger partial charge < -0.3 is 14.9 Å². The minimum absolute atomic E-state index is 0.00916. The number of amides is 1. The number of aromatic nitrogens is 1. The van der Waals surface area contributed by atoms with Crippen molar-refractivity contribution in [2.24, 2.45) is 0 Å². The molecule has 0 saturated carbocycles. The third-order valence-electron chi connectivity index (χ3n) is 2.13. The van der Waals surface area contributed by atoms with Crippen molar-refractivity contribution in [3.63, 3.8) is 0 Å². The van der Waals surface area contributed by atoms with Gasteiger partial charge in [-0.15, -0.1) is 0 Å². The lowest BCUT2D eigenvalue weighted by atomic mass is 10.2. The molecule has 1 amide bonds. The van der Waals surface area contributed by atoms with Crippen LogP contribution in [-0.2, 0) is 6.54 Å². The van der Waals surface area contributed by atoms with Crippen LogP contribution in [0.4, 0.5) is 4.39 Å². The maximum Gasteiger partial charge on any atom is 0.255 e. The zero-order chi connectivity index (χ0) is 12.3. The highest BCUT2D eigenvalue weighted by molar-refractivity contribution is 5.96. The van der Waals surface area contributed by atoms with E-state index >= 15 is 0 Å². The van der Waals surface area contributed by atoms with Gasteiger partial charge in [0.1, 0.15) is 23.5 Å². The third-order valence-corrected chi connectivity index (χ3v) is 2.13. The molecule has 0 unspecified atom stereocenters. The summed E-state index contributed by atoms with van der Waals surface area (Å²) in [6.45, 7) is 0.173. The van der Waals surface area contributed by atoms with Crippen molar-refractivity contribution in [2.45, 2.75) is 6.54 Å². The minimum atomic E-state index is -0.601. The van der Waals surface area contributed by atoms with Crippen molar-refractivity contribution in [2.75, 3.05) is 0 Å². The van der Waals surface area contributed by atoms with E-state index in [1.165, 1.54) is 12.3 Å². The minimum Gasteiger partial charge on any atom is -0.507 e. The topological polar surface area (TPSA) is 75.4 Å². The van der Waals surface area contributed by atoms with Crippen LogP contribution in [0.25, 0.3) is 0 Å². The number of hydrogen-bond acceptors (Lipinski definition) is 4. The number of hydrogen-bond donors (Lipinski definition) is 2. The molecule has 2 rings (SSSR count). The fourth-order valence-corrected chi connectivity index (χ4v) is 1.29. The molecule has 1 aromatic heterocycles. The first-order valence-electron chi connectivity index (χ1n) is 4.83. The number of rotatable bonds is 3. The molecule has 88 valence electrons. The largest absolute Gasteiger partial charge is 0.507 e. The van der Waals surface area contributed by atoms with E-state index in [1.807, 2.05) is 0 Å². The Labute approximate surface area is 95.9 Å². The quantitative estimate of drug-likeness (QED) is 0.845. The van der Waals surface area contributed by atoms with Gasteiger partial charge in [0.05, 0.1) is 12.1 Å². The summed E-state index contributed by atoms with van der Waals surface area (Å²) in [7, 11) is 0. The average molecular weight is 236 g/mol. The second-order valence-corrected chi connectivity index (χ2v) is 3.33. The number of nitrogens with one attached hydrogen (secondary N) is 1. The summed E-state index contributed by atoms with van der Waals surface area (Å²) in [6, 6.07) is 4.79. The van der Waals surface area contributed by atoms with Crippen LogP contribution in [0, 0.1) is 5.82 Å². The maximum atomic E-state index is 12.7. The highest BCUT2D eigenvalue weighted by atomic mass is 19.1. The van der Waals surface area contributed by atoms with Crippen LogP contribution in [0.5, 0.6) is 5.75 Å². The predicted octanol–water partition coefficient (Wildman–Crippen LogP) is 1.45. The van der Waals surface area contributed by atoms with Gasteiger partial charge in [0, 0.05) is 12.1 Å². The summed E-state index contributed by atoms with van der Waals surface area (Å²) >= 11 is 0. The first-order valence-corrected chi connectivity index (χ1v) is 4.83. The van der Waals surface area contributed by atoms with E-state index in [9.17, 15) is 14.3 Å². The molecule has 0 bridgehead atoms. The van der Waals surface area contributed by atoms with Crippen molar-refractivity contribution in [1.82, 2.24) is 10.5 Å². The normalized spacial score (nSPS) is 10.2. The van der Waals surface area contributed by atoms with Gasteiger partial charge in [0.25, 0.3) is 5.91 Å². The Morgan fingerprint density at radius 3 is 2.94 bits per heavy atom. The van der Waals surface area contributed by atoms with Crippen molar-refractivity contribution < 1.29 is 18.8 Å². The molecule has 17 heavy (non-hydrogen) atoms. The number of phenols is 1. The molecule has 0 fully saturated rings. The third kappa shape index (κ3) is 2.60. The molecule has 0 aliphatic heterocycles. The number of halogens is 1. The van der Waals surface area contributed by atoms with Gasteiger partial charge in [0.15, 0.2) is 0 Å². The van der Waals surface area contributed by atoms with E-state index in [-0.39, 0.29) is 12.1 Å². The molecule has 5 nitrogen and oxygen atoms in total. The monoisotopic (exact) mass is 236 g/mol. The number of aromatic hydroxyl groups is 1. The molecular formula is C11H9FN2O3. The number of benzene rings is 1. The number of carbonyl (C=O) groups excluding carboxylic acids is 1. The Balaban J connectivity index is 2.04. The molecule has 0 radical (unpaired) electrons. The standard InChI is InChI=1S/C11H9FN2O3/c12-7-1-2-9(10(15)5-7)11(16)13-6-8-3-4-17-14-8/h1-5,15H,6H2,(H,13,16). The zero-order valence-electron chi connectivity index (χ0n) is 8.68. The van der Waals surface area contributed by atoms with Gasteiger partial charge >= 0.3 is 0 Å². The molecular weight excluding hydrogens is 227 g/mol. The maximum absolute atomic E-state index is 12.7. The van der Waals surface area contributed by atoms with E-state index in [2.05, 4.69) is 15.0 Å². The molecule has 0 spiro atoms. The van der Waals surface area contributed by atoms with Gasteiger partial charge in [-0.05, 0) is 12.1 Å². The van der Waals surface area contributed by atoms with Gasteiger partial charge in [-0.25, -0.2) is 4.39 Å². The summed E-state index contributed by atoms with van der Waals surface area (Å²) in [5.41, 5.74) is 0.565. The van der Waals surface area contributed by atoms with Crippen LogP contribution in [0.2, 0.25) is 0 Å². The fourth-order valence-electron chi connectivity index (χ4n) is 1.29. The molecule has 1 aromatic carbocycles. The SMILES string of the molecule is O=C(NCc1ccon1)c1ccc(F)cc1O. The van der Waals surface area contributed by atoms with E-state index in [0.29, 0.717) is 5.69 Å². The average Bonchev–Trinajstić information content (AvgIpc) is 2.78. The van der Waals surface area contributed by atoms with Gasteiger partial charge in [-0.3, -0.25) is 4.79 Å². The second kappa shape index (κ2) is 4.65. The van der Waals surface area contributed by atoms with E-state index < -0.39 is 17.5 Å². The van der Waals surface area contributed by atoms with E-state index in [1.54, 1.807) is 6.07 Å². The van der Waals surface area contributed by atoms with Crippen LogP contribution in [0.1, 0.15) is 16.1 Å². The van der Waals surface area contributed by atoms with Crippen molar-refractivity contribution >= 4 is 5.91 Å². The van der Waals surface area contributed by atoms with E-state index in [4.69, 9.17) is 0 Å². The van der Waals surface area contributed by atoms with Crippen molar-refractivity contribution in [1.29, 1.82) is 0 Å². The molecule has 2 N–H and O–H groups in total. The first-order chi connectivity index (χ1) is 8.16. The Morgan fingerprint density at radius 1 is 1.47 bits per heavy atom. The number of nitrogens with zero attached hydrogens (tertiary/aromatic N) is 1. The second-order valence-electron chi connectivity index (χ2n) is 3.33. The van der Waals surface area contributed by atoms with Crippen LogP contribution in [-0.4, -0.2) is 16.2 Å². The lowest BCUT2D eigenvalue weighted by molar-refractivity contribution is 0.0947. The molecule has 0 aliphatic rings. The Hall–Kier alpha value is -2.37. The molecule has 0 atom stereocenters. The molecule has 0 aliphatic carbocycles. The van der Waals surface area contributed by atoms with Crippen LogP contribution in [0.3, 0.4) is 0 Å². The fraction of sp³-hybridized carbons (Fsp3) is 0.0909. The van der Waals surface area contributed by atoms with Gasteiger partial charge in [-0.2, -0.15) is 0 Å². The lowest BCUT2D eigenvalue weighted by Crippen LogP contribution is -2.23. The van der Waals surface area contributed by atoms with Crippen LogP contribution < -0.4 is 5.32 Å². The Kier molecular flexibility index (Phi) is 3.04. The zero-order valence-corrected chi connectivity index (χ0v) is 8.68. The van der Waals surface area contributed by atoms with E-state index in [0.717, 1.165) is 12.1 Å². The van der Waals surface area contributed by atoms with Crippen molar-refractivity contribution in [3.05, 3.63) is 47.6 Å². The first kappa shape index (κ1) is 11.1. The highest BCUT2D eigenvalue weighted by Crippen LogP contribution is 2.17. The summed E-state index contributed by atoms with van der Waals surface area (Å²) in [5, 5.41) is 15.5. The predicted molar refractivity (Wildman–Crippen MR) is 55.7 cm³/mol. The summed E-state index contributed by atoms with van der Waals surface area (Å²) < 4.78 is 17.3. The van der Waals surface area contributed by atoms with Crippen LogP contribution >= 0.6 is 0 Å². The van der Waals surface area contributed by atoms with Gasteiger partial charge in [0.2, 0.25) is 0 Å². The number of carbonyl (C=O) groups is 1. The molecule has 6 heteroatoms. The molecule has 0 saturated heterocycles.